The Kier molecular flexibility index (Phi) is 5.33. The first-order valence-electron chi connectivity index (χ1n) is 6.77. The molecule has 2 rings (SSSR count). The average Bonchev–Trinajstić information content (AvgIpc) is 2.49. The number of alkyl halides is 3. The zero-order valence-electron chi connectivity index (χ0n) is 12.0. The summed E-state index contributed by atoms with van der Waals surface area (Å²) < 4.78 is 50.6. The lowest BCUT2D eigenvalue weighted by Gasteiger charge is -2.09. The van der Waals surface area contributed by atoms with E-state index in [0.29, 0.717) is 5.56 Å². The highest BCUT2D eigenvalue weighted by Gasteiger charge is 2.29. The number of carbonyl (C=O) groups excluding carboxylic acids is 1. The van der Waals surface area contributed by atoms with Gasteiger partial charge in [0.25, 0.3) is 0 Å². The largest absolute Gasteiger partial charge is 0.416 e. The lowest BCUT2D eigenvalue weighted by atomic mass is 10.2. The van der Waals surface area contributed by atoms with Gasteiger partial charge in [-0.3, -0.25) is 4.79 Å². The molecule has 2 aromatic carbocycles. The number of hydrogen-bond acceptors (Lipinski definition) is 2. The van der Waals surface area contributed by atoms with Crippen molar-refractivity contribution in [2.24, 2.45) is 0 Å². The third-order valence-corrected chi connectivity index (χ3v) is 3.05. The van der Waals surface area contributed by atoms with Crippen molar-refractivity contribution in [3.63, 3.8) is 0 Å². The topological polar surface area (TPSA) is 41.1 Å². The van der Waals surface area contributed by atoms with Crippen LogP contribution < -0.4 is 10.6 Å². The Morgan fingerprint density at radius 1 is 1.00 bits per heavy atom. The highest BCUT2D eigenvalue weighted by atomic mass is 19.4. The van der Waals surface area contributed by atoms with Crippen molar-refractivity contribution in [2.45, 2.75) is 12.7 Å². The molecule has 0 radical (unpaired) electrons. The molecule has 0 aliphatic carbocycles. The van der Waals surface area contributed by atoms with E-state index in [2.05, 4.69) is 10.6 Å². The fraction of sp³-hybridized carbons (Fsp3) is 0.188. The van der Waals surface area contributed by atoms with Crippen molar-refractivity contribution < 1.29 is 22.4 Å². The smallest absolute Gasteiger partial charge is 0.325 e. The van der Waals surface area contributed by atoms with Gasteiger partial charge in [0.2, 0.25) is 5.91 Å². The van der Waals surface area contributed by atoms with Crippen LogP contribution >= 0.6 is 0 Å². The zero-order valence-corrected chi connectivity index (χ0v) is 12.0. The standard InChI is InChI=1S/C16H14F4N2O/c17-14-4-2-1-3-11(14)9-21-10-15(23)22-13-7-5-12(6-8-13)16(18,19)20/h1-8,21H,9-10H2,(H,22,23). The van der Waals surface area contributed by atoms with Gasteiger partial charge < -0.3 is 10.6 Å². The Morgan fingerprint density at radius 3 is 2.26 bits per heavy atom. The van der Waals surface area contributed by atoms with Crippen LogP contribution in [-0.4, -0.2) is 12.5 Å². The Bertz CT molecular complexity index is 669. The highest BCUT2D eigenvalue weighted by molar-refractivity contribution is 5.92. The predicted molar refractivity (Wildman–Crippen MR) is 78.2 cm³/mol. The lowest BCUT2D eigenvalue weighted by Crippen LogP contribution is -2.28. The molecule has 0 unspecified atom stereocenters. The van der Waals surface area contributed by atoms with Gasteiger partial charge in [0.1, 0.15) is 5.82 Å². The molecule has 0 spiro atoms. The second-order valence-corrected chi connectivity index (χ2v) is 4.82. The molecule has 0 fully saturated rings. The molecule has 0 aliphatic rings. The first-order chi connectivity index (χ1) is 10.9. The fourth-order valence-electron chi connectivity index (χ4n) is 1.90. The maximum absolute atomic E-state index is 13.4. The number of carbonyl (C=O) groups is 1. The van der Waals surface area contributed by atoms with Gasteiger partial charge in [-0.15, -0.1) is 0 Å². The van der Waals surface area contributed by atoms with E-state index in [9.17, 15) is 22.4 Å². The van der Waals surface area contributed by atoms with E-state index in [-0.39, 0.29) is 24.6 Å². The van der Waals surface area contributed by atoms with Crippen LogP contribution in [-0.2, 0) is 17.5 Å². The summed E-state index contributed by atoms with van der Waals surface area (Å²) in [6.07, 6.45) is -4.41. The van der Waals surface area contributed by atoms with E-state index >= 15 is 0 Å². The van der Waals surface area contributed by atoms with Crippen LogP contribution in [0, 0.1) is 5.82 Å². The minimum Gasteiger partial charge on any atom is -0.325 e. The summed E-state index contributed by atoms with van der Waals surface area (Å²) in [6, 6.07) is 10.3. The molecule has 0 aliphatic heterocycles. The number of hydrogen-bond donors (Lipinski definition) is 2. The summed E-state index contributed by atoms with van der Waals surface area (Å²) in [5.74, 6) is -0.802. The van der Waals surface area contributed by atoms with E-state index in [1.807, 2.05) is 0 Å². The van der Waals surface area contributed by atoms with Crippen LogP contribution in [0.3, 0.4) is 0 Å². The Hall–Kier alpha value is -2.41. The Labute approximate surface area is 130 Å². The quantitative estimate of drug-likeness (QED) is 0.825. The molecule has 0 saturated carbocycles. The molecule has 23 heavy (non-hydrogen) atoms. The van der Waals surface area contributed by atoms with Crippen molar-refractivity contribution in [1.29, 1.82) is 0 Å². The SMILES string of the molecule is O=C(CNCc1ccccc1F)Nc1ccc(C(F)(F)F)cc1. The molecule has 122 valence electrons. The summed E-state index contributed by atoms with van der Waals surface area (Å²) in [6.45, 7) is 0.0858. The van der Waals surface area contributed by atoms with Crippen LogP contribution in [0.15, 0.2) is 48.5 Å². The van der Waals surface area contributed by atoms with Crippen molar-refractivity contribution in [1.82, 2.24) is 5.32 Å². The number of rotatable bonds is 5. The molecule has 2 aromatic rings. The van der Waals surface area contributed by atoms with Crippen LogP contribution in [0.4, 0.5) is 23.2 Å². The van der Waals surface area contributed by atoms with Gasteiger partial charge in [0.15, 0.2) is 0 Å². The zero-order chi connectivity index (χ0) is 16.9. The molecule has 0 aromatic heterocycles. The molecule has 3 nitrogen and oxygen atoms in total. The molecule has 0 saturated heterocycles. The van der Waals surface area contributed by atoms with Crippen molar-refractivity contribution in [3.05, 3.63) is 65.5 Å². The fourth-order valence-corrected chi connectivity index (χ4v) is 1.90. The number of benzene rings is 2. The van der Waals surface area contributed by atoms with Gasteiger partial charge >= 0.3 is 6.18 Å². The normalized spacial score (nSPS) is 11.3. The Balaban J connectivity index is 1.82. The summed E-state index contributed by atoms with van der Waals surface area (Å²) in [5, 5.41) is 5.23. The molecular weight excluding hydrogens is 312 g/mol. The van der Waals surface area contributed by atoms with Gasteiger partial charge in [-0.2, -0.15) is 13.2 Å². The van der Waals surface area contributed by atoms with E-state index in [0.717, 1.165) is 12.1 Å². The predicted octanol–water partition coefficient (Wildman–Crippen LogP) is 3.57. The molecule has 2 N–H and O–H groups in total. The van der Waals surface area contributed by atoms with Crippen molar-refractivity contribution in [2.75, 3.05) is 11.9 Å². The summed E-state index contributed by atoms with van der Waals surface area (Å²) in [4.78, 5) is 11.7. The molecular formula is C16H14F4N2O. The number of halogens is 4. The highest BCUT2D eigenvalue weighted by Crippen LogP contribution is 2.29. The summed E-state index contributed by atoms with van der Waals surface area (Å²) in [5.41, 5.74) is -0.0984. The van der Waals surface area contributed by atoms with Gasteiger partial charge in [0.05, 0.1) is 12.1 Å². The van der Waals surface area contributed by atoms with Crippen LogP contribution in [0.25, 0.3) is 0 Å². The minimum absolute atomic E-state index is 0.0879. The second kappa shape index (κ2) is 7.23. The van der Waals surface area contributed by atoms with Gasteiger partial charge in [-0.05, 0) is 30.3 Å². The third-order valence-electron chi connectivity index (χ3n) is 3.05. The first-order valence-corrected chi connectivity index (χ1v) is 6.77. The van der Waals surface area contributed by atoms with Crippen molar-refractivity contribution in [3.8, 4) is 0 Å². The second-order valence-electron chi connectivity index (χ2n) is 4.82. The average molecular weight is 326 g/mol. The van der Waals surface area contributed by atoms with Crippen LogP contribution in [0.1, 0.15) is 11.1 Å². The maximum atomic E-state index is 13.4. The Morgan fingerprint density at radius 2 is 1.65 bits per heavy atom. The first kappa shape index (κ1) is 17.0. The monoisotopic (exact) mass is 326 g/mol. The van der Waals surface area contributed by atoms with Crippen LogP contribution in [0.2, 0.25) is 0 Å². The van der Waals surface area contributed by atoms with E-state index < -0.39 is 17.6 Å². The van der Waals surface area contributed by atoms with Gasteiger partial charge in [-0.1, -0.05) is 18.2 Å². The third kappa shape index (κ3) is 5.07. The molecule has 0 bridgehead atoms. The van der Waals surface area contributed by atoms with Crippen molar-refractivity contribution >= 4 is 11.6 Å². The van der Waals surface area contributed by atoms with Crippen LogP contribution in [0.5, 0.6) is 0 Å². The van der Waals surface area contributed by atoms with E-state index in [1.165, 1.54) is 18.2 Å². The molecule has 0 atom stereocenters. The van der Waals surface area contributed by atoms with Gasteiger partial charge in [0, 0.05) is 17.8 Å². The molecule has 0 heterocycles. The minimum atomic E-state index is -4.41. The van der Waals surface area contributed by atoms with Gasteiger partial charge in [-0.25, -0.2) is 4.39 Å². The van der Waals surface area contributed by atoms with E-state index in [1.54, 1.807) is 18.2 Å². The molecule has 1 amide bonds. The summed E-state index contributed by atoms with van der Waals surface area (Å²) in [7, 11) is 0. The summed E-state index contributed by atoms with van der Waals surface area (Å²) >= 11 is 0. The number of amides is 1. The lowest BCUT2D eigenvalue weighted by molar-refractivity contribution is -0.137. The van der Waals surface area contributed by atoms with E-state index in [4.69, 9.17) is 0 Å². The molecule has 7 heteroatoms. The number of nitrogens with one attached hydrogen (secondary N) is 2. The maximum Gasteiger partial charge on any atom is 0.416 e. The number of anilines is 1.